The van der Waals surface area contributed by atoms with Gasteiger partial charge in [0.15, 0.2) is 0 Å². The van der Waals surface area contributed by atoms with Crippen molar-refractivity contribution < 1.29 is 123 Å². The van der Waals surface area contributed by atoms with E-state index in [0.29, 0.717) is 0 Å². The van der Waals surface area contributed by atoms with E-state index < -0.39 is 11.9 Å². The molecule has 0 aromatic heterocycles. The molecule has 10 N–H and O–H groups in total. The normalized spacial score (nSPS) is 3.67. The standard InChI is InChI=1S/C2H2O4.4H2O.Rb.Ti.H/c3-1(4)2(5)6;;;;;;;/h(H,3,4)(H,5,6);4*1H2;;;/q;;;;;+1;;-1. The van der Waals surface area contributed by atoms with Gasteiger partial charge in [-0.2, -0.15) is 0 Å². The van der Waals surface area contributed by atoms with Gasteiger partial charge in [0.25, 0.3) is 0 Å². The van der Waals surface area contributed by atoms with E-state index in [9.17, 15) is 0 Å². The van der Waals surface area contributed by atoms with Gasteiger partial charge in [-0.1, -0.05) is 0 Å². The summed E-state index contributed by atoms with van der Waals surface area (Å²) >= 11 is 0. The zero-order valence-electron chi connectivity index (χ0n) is 7.21. The first-order valence-electron chi connectivity index (χ1n) is 1.11. The molecule has 72 valence electrons. The molecular weight excluding hydrogens is 285 g/mol. The fourth-order valence-electron chi connectivity index (χ4n) is 0. The molecule has 0 aliphatic heterocycles. The summed E-state index contributed by atoms with van der Waals surface area (Å²) in [5.41, 5.74) is 0. The zero-order valence-corrected chi connectivity index (χ0v) is 12.7. The van der Waals surface area contributed by atoms with E-state index in [-0.39, 0.29) is 103 Å². The van der Waals surface area contributed by atoms with Crippen LogP contribution in [0.25, 0.3) is 0 Å². The van der Waals surface area contributed by atoms with Gasteiger partial charge >= 0.3 is 70.1 Å². The first-order chi connectivity index (χ1) is 2.64. The Labute approximate surface area is 133 Å². The van der Waals surface area contributed by atoms with E-state index in [1.54, 1.807) is 0 Å². The molecule has 0 bridgehead atoms. The van der Waals surface area contributed by atoms with Crippen LogP contribution in [0.1, 0.15) is 1.43 Å². The molecule has 0 aromatic carbocycles. The minimum atomic E-state index is -1.82. The van der Waals surface area contributed by atoms with Gasteiger partial charge < -0.3 is 33.5 Å². The smallest absolute Gasteiger partial charge is 1.00 e. The molecule has 0 aliphatic rings. The molecular formula is C2H11O8RbTi. The molecule has 0 atom stereocenters. The quantitative estimate of drug-likeness (QED) is 0.330. The summed E-state index contributed by atoms with van der Waals surface area (Å²) in [5, 5.41) is 14.8. The van der Waals surface area contributed by atoms with Crippen LogP contribution in [0, 0.1) is 0 Å². The summed E-state index contributed by atoms with van der Waals surface area (Å²) in [6.07, 6.45) is 0. The Morgan fingerprint density at radius 1 is 0.833 bits per heavy atom. The van der Waals surface area contributed by atoms with Gasteiger partial charge in [-0.05, 0) is 0 Å². The van der Waals surface area contributed by atoms with E-state index in [0.717, 1.165) is 0 Å². The van der Waals surface area contributed by atoms with E-state index in [4.69, 9.17) is 19.8 Å². The third kappa shape index (κ3) is 42.7. The molecule has 10 heteroatoms. The van der Waals surface area contributed by atoms with Crippen molar-refractivity contribution in [2.24, 2.45) is 0 Å². The molecule has 12 heavy (non-hydrogen) atoms. The summed E-state index contributed by atoms with van der Waals surface area (Å²) in [6, 6.07) is 0. The number of rotatable bonds is 0. The molecule has 0 saturated carbocycles. The number of carboxylic acids is 2. The number of hydrogen-bond donors (Lipinski definition) is 2. The topological polar surface area (TPSA) is 201 Å². The van der Waals surface area contributed by atoms with Gasteiger partial charge in [-0.25, -0.2) is 9.59 Å². The molecule has 0 spiro atoms. The SMILES string of the molecule is O.O.O.O.O=C(O)C(=O)O.[H-].[Rb+].[Ti]. The Hall–Kier alpha value is 1.30. The predicted molar refractivity (Wildman–Crippen MR) is 30.8 cm³/mol. The van der Waals surface area contributed by atoms with Gasteiger partial charge in [0, 0.05) is 21.7 Å². The second kappa shape index (κ2) is 29.5. The number of hydrogen-bond acceptors (Lipinski definition) is 2. The Balaban J connectivity index is -0.00000000595. The molecule has 0 saturated heterocycles. The minimum Gasteiger partial charge on any atom is -1.00 e. The Bertz CT molecular complexity index is 88.1. The molecule has 0 rings (SSSR count). The maximum Gasteiger partial charge on any atom is 1.00 e. The van der Waals surface area contributed by atoms with Gasteiger partial charge in [0.05, 0.1) is 0 Å². The van der Waals surface area contributed by atoms with Gasteiger partial charge in [-0.3, -0.25) is 0 Å². The third-order valence-corrected chi connectivity index (χ3v) is 0.183. The number of carboxylic acid groups (broad SMARTS) is 2. The van der Waals surface area contributed by atoms with Crippen molar-refractivity contribution in [3.05, 3.63) is 0 Å². The van der Waals surface area contributed by atoms with Crippen LogP contribution >= 0.6 is 0 Å². The van der Waals surface area contributed by atoms with Crippen LogP contribution in [0.2, 0.25) is 0 Å². The average molecular weight is 296 g/mol. The van der Waals surface area contributed by atoms with E-state index in [1.807, 2.05) is 0 Å². The molecule has 0 unspecified atom stereocenters. The Morgan fingerprint density at radius 2 is 0.917 bits per heavy atom. The van der Waals surface area contributed by atoms with Crippen LogP contribution in [0.3, 0.4) is 0 Å². The first-order valence-corrected chi connectivity index (χ1v) is 1.11. The molecule has 0 aliphatic carbocycles. The van der Waals surface area contributed by atoms with Crippen molar-refractivity contribution >= 4 is 11.9 Å². The fourth-order valence-corrected chi connectivity index (χ4v) is 0. The molecule has 8 nitrogen and oxygen atoms in total. The van der Waals surface area contributed by atoms with Crippen molar-refractivity contribution in [1.29, 1.82) is 0 Å². The average Bonchev–Trinajstić information content (AvgIpc) is 1.36. The van der Waals surface area contributed by atoms with Crippen molar-refractivity contribution in [2.75, 3.05) is 0 Å². The van der Waals surface area contributed by atoms with Crippen LogP contribution in [0.4, 0.5) is 0 Å². The molecule has 0 amide bonds. The van der Waals surface area contributed by atoms with Crippen LogP contribution in [-0.4, -0.2) is 44.1 Å². The molecule has 0 heterocycles. The molecule has 0 radical (unpaired) electrons. The largest absolute Gasteiger partial charge is 1.00 e. The van der Waals surface area contributed by atoms with E-state index in [1.165, 1.54) is 0 Å². The second-order valence-corrected chi connectivity index (χ2v) is 0.610. The van der Waals surface area contributed by atoms with Gasteiger partial charge in [-0.15, -0.1) is 0 Å². The number of carbonyl (C=O) groups is 2. The minimum absolute atomic E-state index is 0. The maximum absolute atomic E-state index is 9.10. The maximum atomic E-state index is 9.10. The van der Waals surface area contributed by atoms with Crippen molar-refractivity contribution in [3.63, 3.8) is 0 Å². The van der Waals surface area contributed by atoms with Crippen LogP contribution in [0.5, 0.6) is 0 Å². The summed E-state index contributed by atoms with van der Waals surface area (Å²) in [7, 11) is 0. The van der Waals surface area contributed by atoms with E-state index >= 15 is 0 Å². The second-order valence-electron chi connectivity index (χ2n) is 0.610. The summed E-state index contributed by atoms with van der Waals surface area (Å²) in [6.45, 7) is 0. The van der Waals surface area contributed by atoms with E-state index in [2.05, 4.69) is 0 Å². The van der Waals surface area contributed by atoms with Gasteiger partial charge in [0.2, 0.25) is 0 Å². The molecule has 0 fully saturated rings. The predicted octanol–water partition coefficient (Wildman–Crippen LogP) is -7.03. The Morgan fingerprint density at radius 3 is 0.917 bits per heavy atom. The Kier molecular flexibility index (Phi) is 125. The summed E-state index contributed by atoms with van der Waals surface area (Å²) in [5.74, 6) is -3.65. The first kappa shape index (κ1) is 50.7. The third-order valence-electron chi connectivity index (χ3n) is 0.183. The van der Waals surface area contributed by atoms with Crippen molar-refractivity contribution in [2.45, 2.75) is 0 Å². The van der Waals surface area contributed by atoms with Crippen LogP contribution in [0.15, 0.2) is 0 Å². The van der Waals surface area contributed by atoms with Crippen LogP contribution in [-0.2, 0) is 31.3 Å². The monoisotopic (exact) mass is 296 g/mol. The van der Waals surface area contributed by atoms with Crippen molar-refractivity contribution in [3.8, 4) is 0 Å². The summed E-state index contributed by atoms with van der Waals surface area (Å²) < 4.78 is 0. The fraction of sp³-hybridized carbons (Fsp3) is 0. The zero-order chi connectivity index (χ0) is 5.15. The molecule has 0 aromatic rings. The number of aliphatic carboxylic acids is 2. The van der Waals surface area contributed by atoms with Crippen LogP contribution < -0.4 is 58.2 Å². The van der Waals surface area contributed by atoms with Crippen molar-refractivity contribution in [1.82, 2.24) is 0 Å². The summed E-state index contributed by atoms with van der Waals surface area (Å²) in [4.78, 5) is 18.2. The van der Waals surface area contributed by atoms with Gasteiger partial charge in [0.1, 0.15) is 0 Å².